The Kier molecular flexibility index (Phi) is 4.25. The fourth-order valence-corrected chi connectivity index (χ4v) is 4.15. The minimum atomic E-state index is -3.72. The van der Waals surface area contributed by atoms with Crippen LogP contribution in [0.1, 0.15) is 22.3 Å². The van der Waals surface area contributed by atoms with Gasteiger partial charge in [0.15, 0.2) is 5.15 Å². The van der Waals surface area contributed by atoms with E-state index in [0.717, 1.165) is 22.3 Å². The molecule has 1 aromatic carbocycles. The summed E-state index contributed by atoms with van der Waals surface area (Å²) in [5.41, 5.74) is 3.64. The van der Waals surface area contributed by atoms with Crippen LogP contribution < -0.4 is 4.72 Å². The largest absolute Gasteiger partial charge is 0.276 e. The first-order chi connectivity index (χ1) is 9.74. The van der Waals surface area contributed by atoms with Crippen molar-refractivity contribution >= 4 is 27.3 Å². The first kappa shape index (κ1) is 15.8. The highest BCUT2D eigenvalue weighted by atomic mass is 35.5. The van der Waals surface area contributed by atoms with Crippen LogP contribution in [0.2, 0.25) is 5.15 Å². The van der Waals surface area contributed by atoms with Crippen LogP contribution in [0, 0.1) is 27.7 Å². The van der Waals surface area contributed by atoms with Gasteiger partial charge >= 0.3 is 0 Å². The third-order valence-electron chi connectivity index (χ3n) is 3.57. The van der Waals surface area contributed by atoms with Gasteiger partial charge in [0, 0.05) is 6.20 Å². The lowest BCUT2D eigenvalue weighted by Crippen LogP contribution is -2.17. The molecular weight excluding hydrogens is 308 g/mol. The monoisotopic (exact) mass is 324 g/mol. The number of halogens is 1. The van der Waals surface area contributed by atoms with Crippen molar-refractivity contribution in [2.75, 3.05) is 4.72 Å². The van der Waals surface area contributed by atoms with Crippen LogP contribution in [-0.2, 0) is 10.0 Å². The SMILES string of the molecule is Cc1cc(C)c(C)c(S(=O)(=O)Nc2cccnc2Cl)c1C. The van der Waals surface area contributed by atoms with E-state index < -0.39 is 10.0 Å². The van der Waals surface area contributed by atoms with Crippen molar-refractivity contribution in [3.63, 3.8) is 0 Å². The molecule has 0 aliphatic rings. The highest BCUT2D eigenvalue weighted by Crippen LogP contribution is 2.29. The van der Waals surface area contributed by atoms with E-state index in [2.05, 4.69) is 9.71 Å². The van der Waals surface area contributed by atoms with Crippen molar-refractivity contribution in [3.8, 4) is 0 Å². The molecule has 0 spiro atoms. The number of anilines is 1. The molecule has 1 aromatic heterocycles. The predicted molar refractivity (Wildman–Crippen MR) is 85.4 cm³/mol. The van der Waals surface area contributed by atoms with Crippen LogP contribution in [0.4, 0.5) is 5.69 Å². The van der Waals surface area contributed by atoms with Gasteiger partial charge in [0.05, 0.1) is 10.6 Å². The van der Waals surface area contributed by atoms with Gasteiger partial charge in [-0.3, -0.25) is 4.72 Å². The van der Waals surface area contributed by atoms with E-state index in [-0.39, 0.29) is 10.8 Å². The topological polar surface area (TPSA) is 59.1 Å². The molecule has 0 unspecified atom stereocenters. The third kappa shape index (κ3) is 3.04. The molecule has 112 valence electrons. The average Bonchev–Trinajstić information content (AvgIpc) is 2.39. The van der Waals surface area contributed by atoms with E-state index in [0.29, 0.717) is 4.90 Å². The third-order valence-corrected chi connectivity index (χ3v) is 5.51. The molecular formula is C15H17ClN2O2S. The Morgan fingerprint density at radius 3 is 2.19 bits per heavy atom. The molecule has 0 bridgehead atoms. The minimum Gasteiger partial charge on any atom is -0.276 e. The Hall–Kier alpha value is -1.59. The van der Waals surface area contributed by atoms with Crippen LogP contribution in [0.15, 0.2) is 29.3 Å². The number of nitrogens with one attached hydrogen (secondary N) is 1. The molecule has 0 aliphatic carbocycles. The van der Waals surface area contributed by atoms with Gasteiger partial charge in [0.2, 0.25) is 0 Å². The summed E-state index contributed by atoms with van der Waals surface area (Å²) >= 11 is 5.92. The van der Waals surface area contributed by atoms with Gasteiger partial charge in [-0.15, -0.1) is 0 Å². The summed E-state index contributed by atoms with van der Waals surface area (Å²) in [5.74, 6) is 0. The van der Waals surface area contributed by atoms with E-state index in [1.165, 1.54) is 6.20 Å². The second kappa shape index (κ2) is 5.66. The zero-order valence-electron chi connectivity index (χ0n) is 12.4. The summed E-state index contributed by atoms with van der Waals surface area (Å²) in [7, 11) is -3.72. The molecule has 6 heteroatoms. The average molecular weight is 325 g/mol. The molecule has 0 amide bonds. The van der Waals surface area contributed by atoms with E-state index in [4.69, 9.17) is 11.6 Å². The zero-order valence-corrected chi connectivity index (χ0v) is 13.9. The molecule has 1 N–H and O–H groups in total. The number of hydrogen-bond donors (Lipinski definition) is 1. The van der Waals surface area contributed by atoms with Gasteiger partial charge in [-0.2, -0.15) is 0 Å². The zero-order chi connectivity index (χ0) is 15.8. The number of aromatic nitrogens is 1. The molecule has 0 radical (unpaired) electrons. The molecule has 0 fully saturated rings. The van der Waals surface area contributed by atoms with Crippen molar-refractivity contribution in [2.45, 2.75) is 32.6 Å². The molecule has 21 heavy (non-hydrogen) atoms. The van der Waals surface area contributed by atoms with Gasteiger partial charge in [-0.05, 0) is 62.1 Å². The van der Waals surface area contributed by atoms with Crippen molar-refractivity contribution in [1.29, 1.82) is 0 Å². The van der Waals surface area contributed by atoms with E-state index in [1.54, 1.807) is 26.0 Å². The number of benzene rings is 1. The predicted octanol–water partition coefficient (Wildman–Crippen LogP) is 3.77. The summed E-state index contributed by atoms with van der Waals surface area (Å²) in [4.78, 5) is 4.18. The van der Waals surface area contributed by atoms with Crippen molar-refractivity contribution in [1.82, 2.24) is 4.98 Å². The molecule has 0 saturated heterocycles. The van der Waals surface area contributed by atoms with Crippen LogP contribution in [-0.4, -0.2) is 13.4 Å². The first-order valence-electron chi connectivity index (χ1n) is 6.45. The van der Waals surface area contributed by atoms with E-state index >= 15 is 0 Å². The highest BCUT2D eigenvalue weighted by Gasteiger charge is 2.23. The maximum Gasteiger partial charge on any atom is 0.262 e. The lowest BCUT2D eigenvalue weighted by atomic mass is 10.0. The number of rotatable bonds is 3. The second-order valence-electron chi connectivity index (χ2n) is 5.04. The molecule has 2 aromatic rings. The van der Waals surface area contributed by atoms with Crippen LogP contribution in [0.5, 0.6) is 0 Å². The minimum absolute atomic E-state index is 0.126. The number of pyridine rings is 1. The van der Waals surface area contributed by atoms with Crippen LogP contribution in [0.3, 0.4) is 0 Å². The highest BCUT2D eigenvalue weighted by molar-refractivity contribution is 7.92. The van der Waals surface area contributed by atoms with Gasteiger partial charge in [0.25, 0.3) is 10.0 Å². The molecule has 4 nitrogen and oxygen atoms in total. The summed E-state index contributed by atoms with van der Waals surface area (Å²) in [5, 5.41) is 0.126. The van der Waals surface area contributed by atoms with E-state index in [1.807, 2.05) is 19.9 Å². The number of aryl methyl sites for hydroxylation is 2. The number of nitrogens with zero attached hydrogens (tertiary/aromatic N) is 1. The molecule has 0 saturated carbocycles. The van der Waals surface area contributed by atoms with Crippen LogP contribution >= 0.6 is 11.6 Å². The standard InChI is InChI=1S/C15H17ClN2O2S/c1-9-8-10(2)12(4)14(11(9)3)21(19,20)18-13-6-5-7-17-15(13)16/h5-8,18H,1-4H3. The van der Waals surface area contributed by atoms with Gasteiger partial charge in [-0.25, -0.2) is 13.4 Å². The molecule has 1 heterocycles. The first-order valence-corrected chi connectivity index (χ1v) is 8.31. The Morgan fingerprint density at radius 2 is 1.67 bits per heavy atom. The Balaban J connectivity index is 2.58. The second-order valence-corrected chi connectivity index (χ2v) is 7.01. The summed E-state index contributed by atoms with van der Waals surface area (Å²) in [6.45, 7) is 7.41. The molecule has 2 rings (SSSR count). The summed E-state index contributed by atoms with van der Waals surface area (Å²) in [6.07, 6.45) is 1.51. The lowest BCUT2D eigenvalue weighted by Gasteiger charge is -2.17. The van der Waals surface area contributed by atoms with Crippen molar-refractivity contribution in [2.24, 2.45) is 0 Å². The fourth-order valence-electron chi connectivity index (χ4n) is 2.24. The molecule has 0 atom stereocenters. The van der Waals surface area contributed by atoms with Crippen LogP contribution in [0.25, 0.3) is 0 Å². The smallest absolute Gasteiger partial charge is 0.262 e. The van der Waals surface area contributed by atoms with Gasteiger partial charge < -0.3 is 0 Å². The summed E-state index contributed by atoms with van der Waals surface area (Å²) < 4.78 is 27.9. The summed E-state index contributed by atoms with van der Waals surface area (Å²) in [6, 6.07) is 5.20. The Morgan fingerprint density at radius 1 is 1.10 bits per heavy atom. The quantitative estimate of drug-likeness (QED) is 0.874. The maximum atomic E-state index is 12.7. The Bertz CT molecular complexity index is 775. The van der Waals surface area contributed by atoms with Crippen molar-refractivity contribution in [3.05, 3.63) is 51.8 Å². The normalized spacial score (nSPS) is 11.5. The van der Waals surface area contributed by atoms with Gasteiger partial charge in [0.1, 0.15) is 0 Å². The number of sulfonamides is 1. The van der Waals surface area contributed by atoms with E-state index in [9.17, 15) is 8.42 Å². The van der Waals surface area contributed by atoms with Crippen molar-refractivity contribution < 1.29 is 8.42 Å². The van der Waals surface area contributed by atoms with Gasteiger partial charge in [-0.1, -0.05) is 17.7 Å². The molecule has 0 aliphatic heterocycles. The fraction of sp³-hybridized carbons (Fsp3) is 0.267. The maximum absolute atomic E-state index is 12.7. The number of hydrogen-bond acceptors (Lipinski definition) is 3. The lowest BCUT2D eigenvalue weighted by molar-refractivity contribution is 0.599. The Labute approximate surface area is 130 Å².